The number of likely N-dealkylation sites (N-methyl/N-ethyl adjacent to an activating group) is 1. The van der Waals surface area contributed by atoms with Gasteiger partial charge in [-0.3, -0.25) is 4.79 Å². The number of nitrogens with one attached hydrogen (secondary N) is 1. The average Bonchev–Trinajstić information content (AvgIpc) is 2.49. The zero-order valence-electron chi connectivity index (χ0n) is 15.5. The van der Waals surface area contributed by atoms with E-state index in [1.165, 1.54) is 0 Å². The van der Waals surface area contributed by atoms with Gasteiger partial charge in [0.15, 0.2) is 0 Å². The number of ether oxygens (including phenoxy) is 1. The van der Waals surface area contributed by atoms with E-state index in [1.54, 1.807) is 16.8 Å². The van der Waals surface area contributed by atoms with Crippen LogP contribution in [0.4, 0.5) is 4.79 Å². The van der Waals surface area contributed by atoms with Crippen LogP contribution in [-0.2, 0) is 9.53 Å². The van der Waals surface area contributed by atoms with Crippen molar-refractivity contribution in [2.24, 2.45) is 5.92 Å². The van der Waals surface area contributed by atoms with Gasteiger partial charge in [-0.2, -0.15) is 0 Å². The smallest absolute Gasteiger partial charge is 0.410 e. The van der Waals surface area contributed by atoms with Gasteiger partial charge in [-0.15, -0.1) is 0 Å². The van der Waals surface area contributed by atoms with Gasteiger partial charge in [0.1, 0.15) is 5.60 Å². The Morgan fingerprint density at radius 2 is 2.04 bits per heavy atom. The molecule has 2 amide bonds. The summed E-state index contributed by atoms with van der Waals surface area (Å²) in [5.41, 5.74) is -0.467. The average molecular weight is 327 g/mol. The Labute approximate surface area is 140 Å². The van der Waals surface area contributed by atoms with Gasteiger partial charge in [0.25, 0.3) is 0 Å². The van der Waals surface area contributed by atoms with Crippen LogP contribution in [0.15, 0.2) is 0 Å². The monoisotopic (exact) mass is 327 g/mol. The second-order valence-corrected chi connectivity index (χ2v) is 7.41. The quantitative estimate of drug-likeness (QED) is 0.840. The fourth-order valence-electron chi connectivity index (χ4n) is 2.64. The van der Waals surface area contributed by atoms with Crippen LogP contribution in [0.5, 0.6) is 0 Å². The van der Waals surface area contributed by atoms with E-state index < -0.39 is 5.60 Å². The molecule has 1 rings (SSSR count). The summed E-state index contributed by atoms with van der Waals surface area (Å²) >= 11 is 0. The van der Waals surface area contributed by atoms with Crippen molar-refractivity contribution in [3.8, 4) is 0 Å². The lowest BCUT2D eigenvalue weighted by Gasteiger charge is -2.36. The molecule has 0 bridgehead atoms. The number of rotatable bonds is 5. The van der Waals surface area contributed by atoms with Crippen molar-refractivity contribution in [2.45, 2.75) is 59.1 Å². The predicted molar refractivity (Wildman–Crippen MR) is 91.3 cm³/mol. The molecule has 0 aliphatic carbocycles. The standard InChI is InChI=1S/C17H33N3O3/c1-7-19(6)15(21)11-18-13(2)14-9-8-10-20(12-14)16(22)23-17(3,4)5/h13-14,18H,7-12H2,1-6H3. The van der Waals surface area contributed by atoms with Crippen molar-refractivity contribution in [1.29, 1.82) is 0 Å². The number of carbonyl (C=O) groups is 2. The van der Waals surface area contributed by atoms with Gasteiger partial charge in [-0.1, -0.05) is 0 Å². The van der Waals surface area contributed by atoms with Crippen molar-refractivity contribution in [2.75, 3.05) is 33.2 Å². The Kier molecular flexibility index (Phi) is 7.32. The summed E-state index contributed by atoms with van der Waals surface area (Å²) in [7, 11) is 1.81. The van der Waals surface area contributed by atoms with E-state index in [1.807, 2.05) is 27.7 Å². The van der Waals surface area contributed by atoms with E-state index in [9.17, 15) is 9.59 Å². The molecule has 1 aliphatic rings. The molecular weight excluding hydrogens is 294 g/mol. The highest BCUT2D eigenvalue weighted by Gasteiger charge is 2.30. The maximum absolute atomic E-state index is 12.2. The Bertz CT molecular complexity index is 406. The molecule has 0 aromatic carbocycles. The molecule has 1 heterocycles. The normalized spacial score (nSPS) is 20.1. The fraction of sp³-hybridized carbons (Fsp3) is 0.882. The lowest BCUT2D eigenvalue weighted by atomic mass is 9.92. The van der Waals surface area contributed by atoms with E-state index >= 15 is 0 Å². The van der Waals surface area contributed by atoms with Crippen LogP contribution >= 0.6 is 0 Å². The maximum Gasteiger partial charge on any atom is 0.410 e. The minimum Gasteiger partial charge on any atom is -0.444 e. The molecule has 1 fully saturated rings. The largest absolute Gasteiger partial charge is 0.444 e. The summed E-state index contributed by atoms with van der Waals surface area (Å²) in [5, 5.41) is 3.31. The van der Waals surface area contributed by atoms with Gasteiger partial charge >= 0.3 is 6.09 Å². The molecule has 0 spiro atoms. The number of likely N-dealkylation sites (tertiary alicyclic amines) is 1. The Balaban J connectivity index is 2.47. The summed E-state index contributed by atoms with van der Waals surface area (Å²) in [6.07, 6.45) is 1.79. The van der Waals surface area contributed by atoms with Crippen molar-refractivity contribution >= 4 is 12.0 Å². The number of carbonyl (C=O) groups excluding carboxylic acids is 2. The van der Waals surface area contributed by atoms with Gasteiger partial charge in [0, 0.05) is 32.7 Å². The molecule has 0 aromatic heterocycles. The molecule has 6 heteroatoms. The first kappa shape index (κ1) is 19.7. The molecular formula is C17H33N3O3. The first-order valence-electron chi connectivity index (χ1n) is 8.59. The first-order valence-corrected chi connectivity index (χ1v) is 8.59. The van der Waals surface area contributed by atoms with Gasteiger partial charge in [-0.05, 0) is 53.4 Å². The fourth-order valence-corrected chi connectivity index (χ4v) is 2.64. The van der Waals surface area contributed by atoms with Crippen LogP contribution in [0.2, 0.25) is 0 Å². The number of amides is 2. The summed E-state index contributed by atoms with van der Waals surface area (Å²) in [6.45, 7) is 12.2. The third kappa shape index (κ3) is 6.77. The molecule has 6 nitrogen and oxygen atoms in total. The SMILES string of the molecule is CCN(C)C(=O)CNC(C)C1CCCN(C(=O)OC(C)(C)C)C1. The van der Waals surface area contributed by atoms with E-state index in [4.69, 9.17) is 4.74 Å². The highest BCUT2D eigenvalue weighted by Crippen LogP contribution is 2.21. The lowest BCUT2D eigenvalue weighted by molar-refractivity contribution is -0.128. The van der Waals surface area contributed by atoms with Gasteiger partial charge in [0.2, 0.25) is 5.91 Å². The van der Waals surface area contributed by atoms with Crippen molar-refractivity contribution < 1.29 is 14.3 Å². The minimum atomic E-state index is -0.467. The molecule has 1 saturated heterocycles. The third-order valence-corrected chi connectivity index (χ3v) is 4.29. The minimum absolute atomic E-state index is 0.0964. The summed E-state index contributed by atoms with van der Waals surface area (Å²) in [6, 6.07) is 0.189. The Morgan fingerprint density at radius 1 is 1.39 bits per heavy atom. The summed E-state index contributed by atoms with van der Waals surface area (Å²) < 4.78 is 5.46. The zero-order valence-corrected chi connectivity index (χ0v) is 15.5. The number of hydrogen-bond donors (Lipinski definition) is 1. The van der Waals surface area contributed by atoms with E-state index in [0.717, 1.165) is 19.4 Å². The highest BCUT2D eigenvalue weighted by atomic mass is 16.6. The molecule has 0 radical (unpaired) electrons. The lowest BCUT2D eigenvalue weighted by Crippen LogP contribution is -2.49. The second-order valence-electron chi connectivity index (χ2n) is 7.41. The Hall–Kier alpha value is -1.30. The number of hydrogen-bond acceptors (Lipinski definition) is 4. The van der Waals surface area contributed by atoms with Crippen LogP contribution < -0.4 is 5.32 Å². The van der Waals surface area contributed by atoms with E-state index in [-0.39, 0.29) is 18.0 Å². The molecule has 134 valence electrons. The molecule has 2 unspecified atom stereocenters. The number of piperidine rings is 1. The molecule has 2 atom stereocenters. The van der Waals surface area contributed by atoms with Gasteiger partial charge in [0.05, 0.1) is 6.54 Å². The molecule has 23 heavy (non-hydrogen) atoms. The Morgan fingerprint density at radius 3 is 2.61 bits per heavy atom. The highest BCUT2D eigenvalue weighted by molar-refractivity contribution is 5.77. The van der Waals surface area contributed by atoms with Crippen molar-refractivity contribution in [1.82, 2.24) is 15.1 Å². The molecule has 0 aromatic rings. The molecule has 0 saturated carbocycles. The molecule has 1 N–H and O–H groups in total. The van der Waals surface area contributed by atoms with Crippen LogP contribution in [0.3, 0.4) is 0 Å². The predicted octanol–water partition coefficient (Wildman–Crippen LogP) is 2.09. The number of nitrogens with zero attached hydrogens (tertiary/aromatic N) is 2. The van der Waals surface area contributed by atoms with Crippen LogP contribution in [0, 0.1) is 5.92 Å². The van der Waals surface area contributed by atoms with E-state index in [2.05, 4.69) is 12.2 Å². The van der Waals surface area contributed by atoms with Gasteiger partial charge in [-0.25, -0.2) is 4.79 Å². The summed E-state index contributed by atoms with van der Waals surface area (Å²) in [5.74, 6) is 0.440. The summed E-state index contributed by atoms with van der Waals surface area (Å²) in [4.78, 5) is 27.6. The maximum atomic E-state index is 12.2. The molecule has 1 aliphatic heterocycles. The van der Waals surface area contributed by atoms with Gasteiger partial charge < -0.3 is 19.9 Å². The van der Waals surface area contributed by atoms with Crippen molar-refractivity contribution in [3.63, 3.8) is 0 Å². The van der Waals surface area contributed by atoms with E-state index in [0.29, 0.717) is 25.6 Å². The van der Waals surface area contributed by atoms with Crippen LogP contribution in [0.25, 0.3) is 0 Å². The van der Waals surface area contributed by atoms with Crippen LogP contribution in [-0.4, -0.2) is 66.7 Å². The van der Waals surface area contributed by atoms with Crippen LogP contribution in [0.1, 0.15) is 47.5 Å². The second kappa shape index (κ2) is 8.52. The topological polar surface area (TPSA) is 61.9 Å². The zero-order chi connectivity index (χ0) is 17.6. The van der Waals surface area contributed by atoms with Crippen molar-refractivity contribution in [3.05, 3.63) is 0 Å². The first-order chi connectivity index (χ1) is 10.6. The third-order valence-electron chi connectivity index (χ3n) is 4.29.